The molecule has 0 radical (unpaired) electrons. The molecule has 1 atom stereocenters. The standard InChI is InChI=1S/C27H35N3O4/c1-7-16-34-22-13-10-20(17-18(22)2)25(31)23-24(19-8-11-21(12-9-19)29(5)6)30(15-14-28(3)4)27(33)26(23)32/h8-13,17,24,31H,7,14-16H2,1-6H3/b25-23-. The number of likely N-dealkylation sites (N-methyl/N-ethyl adjacent to an activating group) is 1. The number of carbonyl (C=O) groups is 2. The minimum atomic E-state index is -0.665. The van der Waals surface area contributed by atoms with Crippen LogP contribution in [0.5, 0.6) is 5.75 Å². The fourth-order valence-corrected chi connectivity index (χ4v) is 4.05. The van der Waals surface area contributed by atoms with Crippen molar-refractivity contribution in [2.45, 2.75) is 26.3 Å². The Labute approximate surface area is 202 Å². The van der Waals surface area contributed by atoms with Crippen LogP contribution < -0.4 is 9.64 Å². The topological polar surface area (TPSA) is 73.3 Å². The molecule has 0 saturated carbocycles. The summed E-state index contributed by atoms with van der Waals surface area (Å²) in [6.07, 6.45) is 0.893. The van der Waals surface area contributed by atoms with Crippen molar-refractivity contribution >= 4 is 23.1 Å². The summed E-state index contributed by atoms with van der Waals surface area (Å²) in [6.45, 7) is 5.51. The van der Waals surface area contributed by atoms with Gasteiger partial charge in [-0.3, -0.25) is 9.59 Å². The number of ether oxygens (including phenoxy) is 1. The maximum Gasteiger partial charge on any atom is 0.295 e. The van der Waals surface area contributed by atoms with Crippen molar-refractivity contribution in [1.82, 2.24) is 9.80 Å². The van der Waals surface area contributed by atoms with Crippen molar-refractivity contribution < 1.29 is 19.4 Å². The Morgan fingerprint density at radius 2 is 1.74 bits per heavy atom. The predicted octanol–water partition coefficient (Wildman–Crippen LogP) is 3.83. The lowest BCUT2D eigenvalue weighted by molar-refractivity contribution is -0.140. The Kier molecular flexibility index (Phi) is 7.99. The van der Waals surface area contributed by atoms with Crippen LogP contribution in [0.2, 0.25) is 0 Å². The van der Waals surface area contributed by atoms with E-state index in [0.29, 0.717) is 25.3 Å². The molecule has 1 N–H and O–H groups in total. The van der Waals surface area contributed by atoms with Crippen molar-refractivity contribution in [2.24, 2.45) is 0 Å². The van der Waals surface area contributed by atoms with Crippen LogP contribution in [0.25, 0.3) is 5.76 Å². The second kappa shape index (κ2) is 10.7. The van der Waals surface area contributed by atoms with Crippen molar-refractivity contribution in [3.63, 3.8) is 0 Å². The maximum absolute atomic E-state index is 13.2. The predicted molar refractivity (Wildman–Crippen MR) is 135 cm³/mol. The number of carbonyl (C=O) groups excluding carboxylic acids is 2. The number of nitrogens with zero attached hydrogens (tertiary/aromatic N) is 3. The summed E-state index contributed by atoms with van der Waals surface area (Å²) >= 11 is 0. The second-order valence-corrected chi connectivity index (χ2v) is 9.11. The van der Waals surface area contributed by atoms with E-state index in [0.717, 1.165) is 29.0 Å². The number of aryl methyl sites for hydroxylation is 1. The first-order valence-corrected chi connectivity index (χ1v) is 11.6. The third-order valence-electron chi connectivity index (χ3n) is 5.96. The molecule has 7 heteroatoms. The SMILES string of the molecule is CCCOc1ccc(/C(O)=C2/C(=O)C(=O)N(CCN(C)C)C2c2ccc(N(C)C)cc2)cc1C. The van der Waals surface area contributed by atoms with Crippen molar-refractivity contribution in [1.29, 1.82) is 0 Å². The third-order valence-corrected chi connectivity index (χ3v) is 5.96. The molecule has 1 saturated heterocycles. The van der Waals surface area contributed by atoms with E-state index >= 15 is 0 Å². The second-order valence-electron chi connectivity index (χ2n) is 9.11. The van der Waals surface area contributed by atoms with Crippen LogP contribution in [0.4, 0.5) is 5.69 Å². The maximum atomic E-state index is 13.2. The van der Waals surface area contributed by atoms with Crippen molar-refractivity contribution in [2.75, 3.05) is 52.8 Å². The monoisotopic (exact) mass is 465 g/mol. The number of Topliss-reactive ketones (excluding diaryl/α,β-unsaturated/α-hetero) is 1. The zero-order chi connectivity index (χ0) is 25.0. The molecule has 1 heterocycles. The van der Waals surface area contributed by atoms with Crippen LogP contribution in [0.3, 0.4) is 0 Å². The molecule has 2 aromatic rings. The lowest BCUT2D eigenvalue weighted by Crippen LogP contribution is -2.35. The fraction of sp³-hybridized carbons (Fsp3) is 0.407. The number of benzene rings is 2. The van der Waals surface area contributed by atoms with Crippen molar-refractivity contribution in [3.8, 4) is 5.75 Å². The Bertz CT molecular complexity index is 1070. The van der Waals surface area contributed by atoms with Gasteiger partial charge in [0.25, 0.3) is 11.7 Å². The molecule has 1 amide bonds. The minimum Gasteiger partial charge on any atom is -0.507 e. The largest absolute Gasteiger partial charge is 0.507 e. The molecule has 1 aliphatic heterocycles. The summed E-state index contributed by atoms with van der Waals surface area (Å²) in [5.41, 5.74) is 3.24. The highest BCUT2D eigenvalue weighted by atomic mass is 16.5. The van der Waals surface area contributed by atoms with Gasteiger partial charge < -0.3 is 24.5 Å². The van der Waals surface area contributed by atoms with Gasteiger partial charge in [-0.05, 0) is 68.9 Å². The first-order valence-electron chi connectivity index (χ1n) is 11.6. The summed E-state index contributed by atoms with van der Waals surface area (Å²) in [4.78, 5) is 31.7. The van der Waals surface area contributed by atoms with Gasteiger partial charge in [-0.2, -0.15) is 0 Å². The number of hydrogen-bond acceptors (Lipinski definition) is 6. The van der Waals surface area contributed by atoms with Crippen LogP contribution in [0.1, 0.15) is 36.1 Å². The van der Waals surface area contributed by atoms with E-state index in [1.54, 1.807) is 23.1 Å². The molecule has 0 aromatic heterocycles. The lowest BCUT2D eigenvalue weighted by atomic mass is 9.94. The van der Waals surface area contributed by atoms with Crippen LogP contribution in [-0.4, -0.2) is 74.5 Å². The lowest BCUT2D eigenvalue weighted by Gasteiger charge is -2.27. The quantitative estimate of drug-likeness (QED) is 0.345. The van der Waals surface area contributed by atoms with Gasteiger partial charge >= 0.3 is 0 Å². The summed E-state index contributed by atoms with van der Waals surface area (Å²) in [5.74, 6) is -0.690. The first kappa shape index (κ1) is 25.3. The van der Waals surface area contributed by atoms with Gasteiger partial charge in [0, 0.05) is 38.4 Å². The zero-order valence-corrected chi connectivity index (χ0v) is 21.0. The number of aliphatic hydroxyl groups excluding tert-OH is 1. The van der Waals surface area contributed by atoms with E-state index in [9.17, 15) is 14.7 Å². The number of ketones is 1. The summed E-state index contributed by atoms with van der Waals surface area (Å²) < 4.78 is 5.74. The molecule has 0 bridgehead atoms. The number of likely N-dealkylation sites (tertiary alicyclic amines) is 1. The van der Waals surface area contributed by atoms with E-state index in [1.165, 1.54) is 0 Å². The van der Waals surface area contributed by atoms with Gasteiger partial charge in [0.05, 0.1) is 18.2 Å². The Morgan fingerprint density at radius 3 is 2.29 bits per heavy atom. The summed E-state index contributed by atoms with van der Waals surface area (Å²) in [5, 5.41) is 11.3. The highest BCUT2D eigenvalue weighted by molar-refractivity contribution is 6.46. The van der Waals surface area contributed by atoms with Crippen LogP contribution in [0, 0.1) is 6.92 Å². The van der Waals surface area contributed by atoms with E-state index in [1.807, 2.05) is 76.1 Å². The summed E-state index contributed by atoms with van der Waals surface area (Å²) in [7, 11) is 7.74. The highest BCUT2D eigenvalue weighted by Gasteiger charge is 2.45. The number of rotatable bonds is 9. The van der Waals surface area contributed by atoms with Crippen LogP contribution >= 0.6 is 0 Å². The number of amides is 1. The van der Waals surface area contributed by atoms with Gasteiger partial charge in [-0.15, -0.1) is 0 Å². The molecule has 3 rings (SSSR count). The number of anilines is 1. The van der Waals surface area contributed by atoms with E-state index in [4.69, 9.17) is 4.74 Å². The average Bonchev–Trinajstić information content (AvgIpc) is 3.06. The number of hydrogen-bond donors (Lipinski definition) is 1. The molecular weight excluding hydrogens is 430 g/mol. The van der Waals surface area contributed by atoms with Gasteiger partial charge in [0.15, 0.2) is 0 Å². The molecule has 0 aliphatic carbocycles. The minimum absolute atomic E-state index is 0.114. The Hall–Kier alpha value is -3.32. The van der Waals surface area contributed by atoms with E-state index < -0.39 is 17.7 Å². The smallest absolute Gasteiger partial charge is 0.295 e. The zero-order valence-electron chi connectivity index (χ0n) is 21.0. The molecule has 182 valence electrons. The molecule has 1 aliphatic rings. The van der Waals surface area contributed by atoms with Gasteiger partial charge in [-0.1, -0.05) is 19.1 Å². The van der Waals surface area contributed by atoms with Gasteiger partial charge in [0.1, 0.15) is 11.5 Å². The highest BCUT2D eigenvalue weighted by Crippen LogP contribution is 2.40. The molecule has 1 fully saturated rings. The number of aliphatic hydroxyl groups is 1. The molecular formula is C27H35N3O4. The molecule has 34 heavy (non-hydrogen) atoms. The Morgan fingerprint density at radius 1 is 1.06 bits per heavy atom. The van der Waals surface area contributed by atoms with Crippen LogP contribution in [0.15, 0.2) is 48.0 Å². The normalized spacial score (nSPS) is 17.5. The van der Waals surface area contributed by atoms with E-state index in [2.05, 4.69) is 0 Å². The molecule has 7 nitrogen and oxygen atoms in total. The molecule has 2 aromatic carbocycles. The van der Waals surface area contributed by atoms with Crippen LogP contribution in [-0.2, 0) is 9.59 Å². The third kappa shape index (κ3) is 5.25. The Balaban J connectivity index is 2.09. The average molecular weight is 466 g/mol. The summed E-state index contributed by atoms with van der Waals surface area (Å²) in [6, 6.07) is 12.4. The fourth-order valence-electron chi connectivity index (χ4n) is 4.05. The van der Waals surface area contributed by atoms with Gasteiger partial charge in [-0.25, -0.2) is 0 Å². The van der Waals surface area contributed by atoms with Gasteiger partial charge in [0.2, 0.25) is 0 Å². The molecule has 1 unspecified atom stereocenters. The molecule has 0 spiro atoms. The van der Waals surface area contributed by atoms with E-state index in [-0.39, 0.29) is 11.3 Å². The first-order chi connectivity index (χ1) is 16.1. The van der Waals surface area contributed by atoms with Crippen molar-refractivity contribution in [3.05, 3.63) is 64.7 Å².